The predicted molar refractivity (Wildman–Crippen MR) is 104 cm³/mol. The maximum absolute atomic E-state index is 12.5. The van der Waals surface area contributed by atoms with E-state index in [4.69, 9.17) is 9.15 Å². The minimum absolute atomic E-state index is 0.147. The van der Waals surface area contributed by atoms with Crippen molar-refractivity contribution in [2.24, 2.45) is 0 Å². The minimum Gasteiger partial charge on any atom is -0.482 e. The molecular formula is C22H20O6. The fourth-order valence-corrected chi connectivity index (χ4v) is 2.96. The van der Waals surface area contributed by atoms with Crippen LogP contribution in [-0.4, -0.2) is 25.0 Å². The molecule has 0 bridgehead atoms. The Hall–Kier alpha value is -3.41. The molecule has 0 spiro atoms. The summed E-state index contributed by atoms with van der Waals surface area (Å²) in [6.07, 6.45) is -0.854. The van der Waals surface area contributed by atoms with E-state index in [2.05, 4.69) is 4.74 Å². The van der Waals surface area contributed by atoms with E-state index in [-0.39, 0.29) is 17.8 Å². The molecule has 6 heteroatoms. The number of Topliss-reactive ketones (excluding diaryl/α,β-unsaturated/α-hetero) is 1. The second kappa shape index (κ2) is 8.08. The largest absolute Gasteiger partial charge is 0.482 e. The van der Waals surface area contributed by atoms with Crippen LogP contribution in [0.5, 0.6) is 5.75 Å². The first-order chi connectivity index (χ1) is 13.4. The predicted octanol–water partition coefficient (Wildman–Crippen LogP) is 3.47. The van der Waals surface area contributed by atoms with Crippen molar-refractivity contribution in [2.75, 3.05) is 7.11 Å². The van der Waals surface area contributed by atoms with Gasteiger partial charge < -0.3 is 13.9 Å². The Morgan fingerprint density at radius 2 is 1.82 bits per heavy atom. The average molecular weight is 380 g/mol. The van der Waals surface area contributed by atoms with Gasteiger partial charge in [-0.1, -0.05) is 30.3 Å². The van der Waals surface area contributed by atoms with Crippen LogP contribution < -0.4 is 10.4 Å². The Kier molecular flexibility index (Phi) is 5.59. The van der Waals surface area contributed by atoms with E-state index in [1.807, 2.05) is 6.07 Å². The second-order valence-corrected chi connectivity index (χ2v) is 6.39. The molecule has 1 aromatic heterocycles. The van der Waals surface area contributed by atoms with Gasteiger partial charge in [0, 0.05) is 17.0 Å². The van der Waals surface area contributed by atoms with Crippen molar-refractivity contribution < 1.29 is 23.5 Å². The molecule has 0 saturated heterocycles. The van der Waals surface area contributed by atoms with Gasteiger partial charge in [0.25, 0.3) is 0 Å². The maximum atomic E-state index is 12.5. The van der Waals surface area contributed by atoms with Gasteiger partial charge in [0.15, 0.2) is 6.10 Å². The number of methoxy groups -OCH3 is 1. The van der Waals surface area contributed by atoms with Crippen LogP contribution in [0.4, 0.5) is 0 Å². The van der Waals surface area contributed by atoms with Crippen molar-refractivity contribution in [2.45, 2.75) is 26.4 Å². The van der Waals surface area contributed by atoms with E-state index in [1.54, 1.807) is 56.3 Å². The van der Waals surface area contributed by atoms with Crippen molar-refractivity contribution in [3.05, 3.63) is 75.6 Å². The zero-order valence-corrected chi connectivity index (χ0v) is 15.9. The molecule has 2 aromatic carbocycles. The molecule has 3 aromatic rings. The lowest BCUT2D eigenvalue weighted by atomic mass is 10.0. The zero-order chi connectivity index (χ0) is 20.3. The number of fused-ring (bicyclic) bond motifs is 1. The number of ether oxygens (including phenoxy) is 2. The highest BCUT2D eigenvalue weighted by molar-refractivity contribution is 5.99. The molecule has 144 valence electrons. The fraction of sp³-hybridized carbons (Fsp3) is 0.227. The second-order valence-electron chi connectivity index (χ2n) is 6.39. The van der Waals surface area contributed by atoms with E-state index in [1.165, 1.54) is 7.11 Å². The highest BCUT2D eigenvalue weighted by Gasteiger charge is 2.19. The van der Waals surface area contributed by atoms with Gasteiger partial charge in [0.1, 0.15) is 11.3 Å². The van der Waals surface area contributed by atoms with E-state index in [0.29, 0.717) is 27.8 Å². The van der Waals surface area contributed by atoms with Crippen LogP contribution in [0.1, 0.15) is 28.4 Å². The molecular weight excluding hydrogens is 360 g/mol. The molecule has 1 atom stereocenters. The molecule has 0 amide bonds. The van der Waals surface area contributed by atoms with Crippen LogP contribution in [0.25, 0.3) is 11.0 Å². The summed E-state index contributed by atoms with van der Waals surface area (Å²) in [6, 6.07) is 13.9. The van der Waals surface area contributed by atoms with Gasteiger partial charge in [-0.25, -0.2) is 4.79 Å². The monoisotopic (exact) mass is 380 g/mol. The summed E-state index contributed by atoms with van der Waals surface area (Å²) in [5.41, 5.74) is 1.21. The molecule has 6 nitrogen and oxygen atoms in total. The van der Waals surface area contributed by atoms with Crippen LogP contribution in [0.2, 0.25) is 0 Å². The summed E-state index contributed by atoms with van der Waals surface area (Å²) in [4.78, 5) is 36.2. The smallest absolute Gasteiger partial charge is 0.340 e. The summed E-state index contributed by atoms with van der Waals surface area (Å²) in [5.74, 6) is -0.248. The number of rotatable bonds is 6. The van der Waals surface area contributed by atoms with E-state index >= 15 is 0 Å². The number of carbonyl (C=O) groups excluding carboxylic acids is 2. The van der Waals surface area contributed by atoms with Gasteiger partial charge in [-0.2, -0.15) is 0 Å². The van der Waals surface area contributed by atoms with Crippen molar-refractivity contribution >= 4 is 22.7 Å². The summed E-state index contributed by atoms with van der Waals surface area (Å²) in [7, 11) is 1.27. The van der Waals surface area contributed by atoms with Crippen LogP contribution in [0.15, 0.2) is 57.7 Å². The first-order valence-corrected chi connectivity index (χ1v) is 8.79. The Morgan fingerprint density at radius 1 is 1.11 bits per heavy atom. The first kappa shape index (κ1) is 19.4. The van der Waals surface area contributed by atoms with Crippen molar-refractivity contribution in [1.29, 1.82) is 0 Å². The quantitative estimate of drug-likeness (QED) is 0.370. The fourth-order valence-electron chi connectivity index (χ4n) is 2.96. The molecule has 0 aliphatic carbocycles. The zero-order valence-electron chi connectivity index (χ0n) is 15.9. The number of aryl methyl sites for hydroxylation is 1. The molecule has 28 heavy (non-hydrogen) atoms. The number of benzene rings is 2. The SMILES string of the molecule is COC(=O)Cc1c(C)c2ccc(O[C@@H](C)C(=O)c3ccccc3)cc2oc1=O. The molecule has 1 heterocycles. The number of carbonyl (C=O) groups is 2. The van der Waals surface area contributed by atoms with Gasteiger partial charge in [-0.15, -0.1) is 0 Å². The van der Waals surface area contributed by atoms with Crippen LogP contribution in [-0.2, 0) is 16.0 Å². The van der Waals surface area contributed by atoms with Gasteiger partial charge in [-0.05, 0) is 31.5 Å². The van der Waals surface area contributed by atoms with Gasteiger partial charge in [0.2, 0.25) is 5.78 Å². The van der Waals surface area contributed by atoms with E-state index in [0.717, 1.165) is 0 Å². The van der Waals surface area contributed by atoms with Crippen molar-refractivity contribution in [3.8, 4) is 5.75 Å². The van der Waals surface area contributed by atoms with Crippen molar-refractivity contribution in [1.82, 2.24) is 0 Å². The van der Waals surface area contributed by atoms with Crippen LogP contribution in [0.3, 0.4) is 0 Å². The standard InChI is InChI=1S/C22H20O6/c1-13-17-10-9-16(27-14(2)21(24)15-7-5-4-6-8-15)11-19(17)28-22(25)18(13)12-20(23)26-3/h4-11,14H,12H2,1-3H3/t14-/m0/s1. The molecule has 0 aliphatic heterocycles. The number of hydrogen-bond donors (Lipinski definition) is 0. The number of hydrogen-bond acceptors (Lipinski definition) is 6. The average Bonchev–Trinajstić information content (AvgIpc) is 2.70. The van der Waals surface area contributed by atoms with Gasteiger partial charge in [0.05, 0.1) is 19.1 Å². The highest BCUT2D eigenvalue weighted by Crippen LogP contribution is 2.25. The molecule has 3 rings (SSSR count). The molecule has 0 aliphatic rings. The van der Waals surface area contributed by atoms with E-state index < -0.39 is 17.7 Å². The molecule has 0 fully saturated rings. The van der Waals surface area contributed by atoms with Gasteiger partial charge in [-0.3, -0.25) is 9.59 Å². The Labute approximate surface area is 161 Å². The lowest BCUT2D eigenvalue weighted by molar-refractivity contribution is -0.139. The number of esters is 1. The van der Waals surface area contributed by atoms with Crippen LogP contribution in [0, 0.1) is 6.92 Å². The summed E-state index contributed by atoms with van der Waals surface area (Å²) in [6.45, 7) is 3.42. The summed E-state index contributed by atoms with van der Waals surface area (Å²) < 4.78 is 15.7. The summed E-state index contributed by atoms with van der Waals surface area (Å²) in [5, 5.41) is 0.688. The van der Waals surface area contributed by atoms with Crippen LogP contribution >= 0.6 is 0 Å². The third-order valence-corrected chi connectivity index (χ3v) is 4.55. The minimum atomic E-state index is -0.703. The number of ketones is 1. The normalized spacial score (nSPS) is 11.8. The molecule has 0 N–H and O–H groups in total. The third kappa shape index (κ3) is 3.96. The van der Waals surface area contributed by atoms with Crippen molar-refractivity contribution in [3.63, 3.8) is 0 Å². The topological polar surface area (TPSA) is 82.8 Å². The molecule has 0 unspecified atom stereocenters. The maximum Gasteiger partial charge on any atom is 0.340 e. The summed E-state index contributed by atoms with van der Waals surface area (Å²) >= 11 is 0. The molecule has 0 radical (unpaired) electrons. The lowest BCUT2D eigenvalue weighted by Crippen LogP contribution is -2.23. The van der Waals surface area contributed by atoms with E-state index in [9.17, 15) is 14.4 Å². The molecule has 0 saturated carbocycles. The third-order valence-electron chi connectivity index (χ3n) is 4.55. The highest BCUT2D eigenvalue weighted by atomic mass is 16.5. The Bertz CT molecular complexity index is 1080. The Morgan fingerprint density at radius 3 is 2.50 bits per heavy atom. The first-order valence-electron chi connectivity index (χ1n) is 8.79. The lowest BCUT2D eigenvalue weighted by Gasteiger charge is -2.14. The Balaban J connectivity index is 1.88. The van der Waals surface area contributed by atoms with Gasteiger partial charge >= 0.3 is 11.6 Å².